The van der Waals surface area contributed by atoms with Crippen LogP contribution >= 0.6 is 0 Å². The second-order valence-corrected chi connectivity index (χ2v) is 9.54. The molecule has 0 bridgehead atoms. The van der Waals surface area contributed by atoms with Crippen LogP contribution in [0.3, 0.4) is 0 Å². The van der Waals surface area contributed by atoms with E-state index in [1.54, 1.807) is 19.2 Å². The third-order valence-corrected chi connectivity index (χ3v) is 6.91. The minimum absolute atomic E-state index is 0.0587. The fraction of sp³-hybridized carbons (Fsp3) is 0.536. The number of carbonyl (C=O) groups excluding carboxylic acids is 1. The van der Waals surface area contributed by atoms with Crippen LogP contribution in [-0.4, -0.2) is 125 Å². The molecule has 0 aliphatic carbocycles. The molecule has 0 saturated carbocycles. The SMILES string of the molecule is COc1cc(C(=O)N2CCN(C[C@H]3CN(C[C@@H](O)COc4ccccc4)CCO3)CC2)cc(OC)c1OC. The molecule has 2 aromatic rings. The summed E-state index contributed by atoms with van der Waals surface area (Å²) >= 11 is 0. The Bertz CT molecular complexity index is 1010. The summed E-state index contributed by atoms with van der Waals surface area (Å²) in [5, 5.41) is 10.5. The minimum atomic E-state index is -0.571. The molecule has 2 fully saturated rings. The lowest BCUT2D eigenvalue weighted by Crippen LogP contribution is -2.54. The fourth-order valence-corrected chi connectivity index (χ4v) is 4.93. The molecule has 0 unspecified atom stereocenters. The molecule has 0 radical (unpaired) electrons. The van der Waals surface area contributed by atoms with Gasteiger partial charge in [-0.3, -0.25) is 14.6 Å². The summed E-state index contributed by atoms with van der Waals surface area (Å²) in [6.45, 7) is 6.56. The van der Waals surface area contributed by atoms with Gasteiger partial charge in [0, 0.05) is 57.9 Å². The van der Waals surface area contributed by atoms with Gasteiger partial charge in [-0.25, -0.2) is 0 Å². The number of methoxy groups -OCH3 is 3. The molecule has 10 nitrogen and oxygen atoms in total. The largest absolute Gasteiger partial charge is 0.493 e. The van der Waals surface area contributed by atoms with Gasteiger partial charge in [0.2, 0.25) is 5.75 Å². The van der Waals surface area contributed by atoms with Crippen LogP contribution in [0.4, 0.5) is 0 Å². The van der Waals surface area contributed by atoms with Gasteiger partial charge in [-0.2, -0.15) is 0 Å². The number of β-amino-alcohol motifs (C(OH)–C–C–N with tert-alkyl or cyclic N) is 1. The lowest BCUT2D eigenvalue weighted by Gasteiger charge is -2.39. The number of ether oxygens (including phenoxy) is 5. The summed E-state index contributed by atoms with van der Waals surface area (Å²) in [5.74, 6) is 2.09. The maximum atomic E-state index is 13.2. The summed E-state index contributed by atoms with van der Waals surface area (Å²) in [4.78, 5) is 19.6. The van der Waals surface area contributed by atoms with Crippen LogP contribution < -0.4 is 18.9 Å². The topological polar surface area (TPSA) is 93.2 Å². The van der Waals surface area contributed by atoms with Crippen molar-refractivity contribution in [2.45, 2.75) is 12.2 Å². The van der Waals surface area contributed by atoms with Crippen molar-refractivity contribution in [2.24, 2.45) is 0 Å². The van der Waals surface area contributed by atoms with Crippen LogP contribution in [0.15, 0.2) is 42.5 Å². The summed E-state index contributed by atoms with van der Waals surface area (Å²) in [6, 6.07) is 12.9. The molecule has 38 heavy (non-hydrogen) atoms. The number of nitrogens with zero attached hydrogens (tertiary/aromatic N) is 3. The van der Waals surface area contributed by atoms with Crippen LogP contribution in [-0.2, 0) is 4.74 Å². The highest BCUT2D eigenvalue weighted by atomic mass is 16.5. The Morgan fingerprint density at radius 3 is 2.29 bits per heavy atom. The number of para-hydroxylation sites is 1. The first-order chi connectivity index (χ1) is 18.5. The molecule has 4 rings (SSSR count). The Kier molecular flexibility index (Phi) is 10.1. The molecule has 1 amide bonds. The molecule has 2 aromatic carbocycles. The zero-order valence-corrected chi connectivity index (χ0v) is 22.5. The number of carbonyl (C=O) groups is 1. The van der Waals surface area contributed by atoms with Crippen LogP contribution in [0, 0.1) is 0 Å². The molecule has 10 heteroatoms. The number of amides is 1. The van der Waals surface area contributed by atoms with Crippen molar-refractivity contribution in [2.75, 3.05) is 86.9 Å². The average molecular weight is 530 g/mol. The van der Waals surface area contributed by atoms with Crippen molar-refractivity contribution < 1.29 is 33.6 Å². The number of hydrogen-bond acceptors (Lipinski definition) is 9. The molecule has 2 aliphatic heterocycles. The number of rotatable bonds is 11. The summed E-state index contributed by atoms with van der Waals surface area (Å²) in [6.07, 6.45) is -0.512. The van der Waals surface area contributed by atoms with E-state index in [1.807, 2.05) is 35.2 Å². The highest BCUT2D eigenvalue weighted by molar-refractivity contribution is 5.95. The molecular formula is C28H39N3O7. The van der Waals surface area contributed by atoms with Gasteiger partial charge >= 0.3 is 0 Å². The molecular weight excluding hydrogens is 490 g/mol. The van der Waals surface area contributed by atoms with Gasteiger partial charge in [-0.15, -0.1) is 0 Å². The van der Waals surface area contributed by atoms with Crippen molar-refractivity contribution in [3.8, 4) is 23.0 Å². The molecule has 1 N–H and O–H groups in total. The summed E-state index contributed by atoms with van der Waals surface area (Å²) in [5.41, 5.74) is 0.508. The van der Waals surface area contributed by atoms with E-state index in [0.29, 0.717) is 49.1 Å². The highest BCUT2D eigenvalue weighted by Crippen LogP contribution is 2.38. The number of hydrogen-bond donors (Lipinski definition) is 1. The minimum Gasteiger partial charge on any atom is -0.493 e. The second-order valence-electron chi connectivity index (χ2n) is 9.54. The molecule has 2 atom stereocenters. The van der Waals surface area contributed by atoms with Crippen molar-refractivity contribution >= 4 is 5.91 Å². The van der Waals surface area contributed by atoms with Crippen LogP contribution in [0.2, 0.25) is 0 Å². The standard InChI is InChI=1S/C28H39N3O7/c1-34-25-15-21(16-26(35-2)27(25)36-3)28(33)31-11-9-29(10-12-31)18-24-19-30(13-14-37-24)17-22(32)20-38-23-7-5-4-6-8-23/h4-8,15-16,22,24,32H,9-14,17-20H2,1-3H3/t22-,24+/m1/s1. The number of aliphatic hydroxyl groups is 1. The first-order valence-electron chi connectivity index (χ1n) is 13.0. The van der Waals surface area contributed by atoms with Gasteiger partial charge in [0.25, 0.3) is 5.91 Å². The fourth-order valence-electron chi connectivity index (χ4n) is 4.93. The van der Waals surface area contributed by atoms with Gasteiger partial charge < -0.3 is 33.7 Å². The normalized spacial score (nSPS) is 19.6. The zero-order chi connectivity index (χ0) is 26.9. The van der Waals surface area contributed by atoms with E-state index in [1.165, 1.54) is 14.2 Å². The Hall–Kier alpha value is -3.05. The van der Waals surface area contributed by atoms with E-state index in [0.717, 1.165) is 38.5 Å². The molecule has 208 valence electrons. The van der Waals surface area contributed by atoms with Crippen molar-refractivity contribution in [1.29, 1.82) is 0 Å². The second kappa shape index (κ2) is 13.7. The van der Waals surface area contributed by atoms with Gasteiger partial charge in [0.05, 0.1) is 34.0 Å². The van der Waals surface area contributed by atoms with Gasteiger partial charge in [-0.05, 0) is 24.3 Å². The van der Waals surface area contributed by atoms with Crippen molar-refractivity contribution in [3.63, 3.8) is 0 Å². The third-order valence-electron chi connectivity index (χ3n) is 6.91. The monoisotopic (exact) mass is 529 g/mol. The first kappa shape index (κ1) is 28.0. The Morgan fingerprint density at radius 2 is 1.66 bits per heavy atom. The van der Waals surface area contributed by atoms with E-state index in [4.69, 9.17) is 23.7 Å². The lowest BCUT2D eigenvalue weighted by atomic mass is 10.1. The summed E-state index contributed by atoms with van der Waals surface area (Å²) in [7, 11) is 4.62. The van der Waals surface area contributed by atoms with E-state index in [-0.39, 0.29) is 18.6 Å². The number of morpholine rings is 1. The van der Waals surface area contributed by atoms with E-state index in [9.17, 15) is 9.90 Å². The maximum Gasteiger partial charge on any atom is 0.254 e. The highest BCUT2D eigenvalue weighted by Gasteiger charge is 2.28. The zero-order valence-electron chi connectivity index (χ0n) is 22.5. The molecule has 2 aliphatic rings. The quantitative estimate of drug-likeness (QED) is 0.466. The molecule has 2 heterocycles. The van der Waals surface area contributed by atoms with Crippen LogP contribution in [0.25, 0.3) is 0 Å². The maximum absolute atomic E-state index is 13.2. The summed E-state index contributed by atoms with van der Waals surface area (Å²) < 4.78 is 27.9. The number of piperazine rings is 1. The van der Waals surface area contributed by atoms with E-state index in [2.05, 4.69) is 9.80 Å². The third kappa shape index (κ3) is 7.28. The number of benzene rings is 2. The smallest absolute Gasteiger partial charge is 0.254 e. The van der Waals surface area contributed by atoms with Gasteiger partial charge in [0.15, 0.2) is 11.5 Å². The van der Waals surface area contributed by atoms with Crippen LogP contribution in [0.1, 0.15) is 10.4 Å². The lowest BCUT2D eigenvalue weighted by molar-refractivity contribution is -0.0591. The predicted octanol–water partition coefficient (Wildman–Crippen LogP) is 1.61. The van der Waals surface area contributed by atoms with Crippen molar-refractivity contribution in [1.82, 2.24) is 14.7 Å². The Balaban J connectivity index is 1.23. The Labute approximate surface area is 224 Å². The van der Waals surface area contributed by atoms with Crippen LogP contribution in [0.5, 0.6) is 23.0 Å². The average Bonchev–Trinajstić information content (AvgIpc) is 2.96. The van der Waals surface area contributed by atoms with Crippen molar-refractivity contribution in [3.05, 3.63) is 48.0 Å². The Morgan fingerprint density at radius 1 is 0.974 bits per heavy atom. The number of aliphatic hydroxyl groups excluding tert-OH is 1. The van der Waals surface area contributed by atoms with Gasteiger partial charge in [-0.1, -0.05) is 18.2 Å². The molecule has 0 aromatic heterocycles. The molecule has 0 spiro atoms. The first-order valence-corrected chi connectivity index (χ1v) is 13.0. The van der Waals surface area contributed by atoms with E-state index >= 15 is 0 Å². The van der Waals surface area contributed by atoms with E-state index < -0.39 is 6.10 Å². The predicted molar refractivity (Wildman–Crippen MR) is 143 cm³/mol. The molecule has 2 saturated heterocycles. The van der Waals surface area contributed by atoms with Gasteiger partial charge in [0.1, 0.15) is 18.5 Å².